The van der Waals surface area contributed by atoms with Crippen molar-refractivity contribution in [2.75, 3.05) is 16.6 Å². The highest BCUT2D eigenvalue weighted by atomic mass is 32.2. The molecule has 0 aromatic heterocycles. The normalized spacial score (nSPS) is 13.7. The topological polar surface area (TPSA) is 87.3 Å². The summed E-state index contributed by atoms with van der Waals surface area (Å²) in [4.78, 5) is 12.5. The minimum absolute atomic E-state index is 0.212. The van der Waals surface area contributed by atoms with Crippen molar-refractivity contribution < 1.29 is 13.2 Å². The zero-order chi connectivity index (χ0) is 18.9. The van der Waals surface area contributed by atoms with E-state index < -0.39 is 10.0 Å². The van der Waals surface area contributed by atoms with Gasteiger partial charge in [0.05, 0.1) is 4.90 Å². The van der Waals surface area contributed by atoms with Crippen molar-refractivity contribution in [3.63, 3.8) is 0 Å². The van der Waals surface area contributed by atoms with Gasteiger partial charge in [-0.25, -0.2) is 8.42 Å². The molecule has 0 atom stereocenters. The minimum atomic E-state index is -3.72. The number of anilines is 2. The van der Waals surface area contributed by atoms with Crippen molar-refractivity contribution in [3.8, 4) is 0 Å². The molecule has 3 N–H and O–H groups in total. The van der Waals surface area contributed by atoms with Crippen molar-refractivity contribution in [1.82, 2.24) is 5.32 Å². The summed E-state index contributed by atoms with van der Waals surface area (Å²) in [5.41, 5.74) is 2.35. The van der Waals surface area contributed by atoms with Gasteiger partial charge in [-0.3, -0.25) is 9.52 Å². The van der Waals surface area contributed by atoms with E-state index in [2.05, 4.69) is 15.4 Å². The Kier molecular flexibility index (Phi) is 4.66. The van der Waals surface area contributed by atoms with Crippen molar-refractivity contribution in [3.05, 3.63) is 53.6 Å². The Morgan fingerprint density at radius 3 is 2.62 bits per heavy atom. The van der Waals surface area contributed by atoms with Crippen LogP contribution in [0.1, 0.15) is 36.7 Å². The Balaban J connectivity index is 1.82. The van der Waals surface area contributed by atoms with Gasteiger partial charge in [-0.05, 0) is 69.2 Å². The first-order valence-corrected chi connectivity index (χ1v) is 9.95. The van der Waals surface area contributed by atoms with Gasteiger partial charge in [0.25, 0.3) is 15.9 Å². The predicted molar refractivity (Wildman–Crippen MR) is 103 cm³/mol. The van der Waals surface area contributed by atoms with Gasteiger partial charge < -0.3 is 10.6 Å². The van der Waals surface area contributed by atoms with Gasteiger partial charge in [0, 0.05) is 29.0 Å². The molecule has 0 bridgehead atoms. The lowest BCUT2D eigenvalue weighted by molar-refractivity contribution is 0.0919. The van der Waals surface area contributed by atoms with Crippen molar-refractivity contribution in [1.29, 1.82) is 0 Å². The molecule has 138 valence electrons. The highest BCUT2D eigenvalue weighted by Crippen LogP contribution is 2.26. The number of rotatable bonds is 4. The minimum Gasteiger partial charge on any atom is -0.384 e. The smallest absolute Gasteiger partial charge is 0.261 e. The maximum Gasteiger partial charge on any atom is 0.261 e. The number of carbonyl (C=O) groups is 1. The Morgan fingerprint density at radius 2 is 1.88 bits per heavy atom. The molecule has 1 amide bonds. The molecule has 2 aromatic carbocycles. The summed E-state index contributed by atoms with van der Waals surface area (Å²) in [6.45, 7) is 6.48. The Bertz CT molecular complexity index is 947. The van der Waals surface area contributed by atoms with Gasteiger partial charge in [0.15, 0.2) is 0 Å². The molecule has 3 rings (SSSR count). The molecule has 2 aromatic rings. The van der Waals surface area contributed by atoms with Crippen molar-refractivity contribution in [2.45, 2.75) is 37.6 Å². The number of hydrogen-bond acceptors (Lipinski definition) is 4. The summed E-state index contributed by atoms with van der Waals surface area (Å²) >= 11 is 0. The van der Waals surface area contributed by atoms with Crippen LogP contribution in [0, 0.1) is 0 Å². The number of carbonyl (C=O) groups excluding carboxylic acids is 1. The molecule has 7 heteroatoms. The highest BCUT2D eigenvalue weighted by Gasteiger charge is 2.20. The van der Waals surface area contributed by atoms with Crippen LogP contribution < -0.4 is 15.4 Å². The molecular weight excluding hydrogens is 350 g/mol. The van der Waals surface area contributed by atoms with E-state index in [-0.39, 0.29) is 16.3 Å². The van der Waals surface area contributed by atoms with Gasteiger partial charge in [-0.15, -0.1) is 0 Å². The van der Waals surface area contributed by atoms with Gasteiger partial charge in [0.2, 0.25) is 0 Å². The lowest BCUT2D eigenvalue weighted by Gasteiger charge is -2.20. The largest absolute Gasteiger partial charge is 0.384 e. The molecule has 1 aliphatic heterocycles. The second-order valence-corrected chi connectivity index (χ2v) is 9.07. The fourth-order valence-electron chi connectivity index (χ4n) is 2.80. The number of sulfonamides is 1. The number of amides is 1. The monoisotopic (exact) mass is 373 g/mol. The zero-order valence-corrected chi connectivity index (χ0v) is 15.9. The average molecular weight is 373 g/mol. The summed E-state index contributed by atoms with van der Waals surface area (Å²) in [5, 5.41) is 6.07. The van der Waals surface area contributed by atoms with Crippen LogP contribution in [0.25, 0.3) is 0 Å². The van der Waals surface area contributed by atoms with Crippen molar-refractivity contribution in [2.24, 2.45) is 0 Å². The molecule has 26 heavy (non-hydrogen) atoms. The molecule has 6 nitrogen and oxygen atoms in total. The Morgan fingerprint density at radius 1 is 1.12 bits per heavy atom. The van der Waals surface area contributed by atoms with Crippen LogP contribution in [0.3, 0.4) is 0 Å². The standard InChI is InChI=1S/C19H23N3O3S/c1-19(2,3)21-18(23)14-5-4-6-15(11-14)22-26(24,25)16-7-8-17-13(12-16)9-10-20-17/h4-8,11-12,20,22H,9-10H2,1-3H3,(H,21,23). The Labute approximate surface area is 154 Å². The lowest BCUT2D eigenvalue weighted by Crippen LogP contribution is -2.40. The highest BCUT2D eigenvalue weighted by molar-refractivity contribution is 7.92. The van der Waals surface area contributed by atoms with Crippen LogP contribution in [0.2, 0.25) is 0 Å². The van der Waals surface area contributed by atoms with Crippen LogP contribution in [-0.2, 0) is 16.4 Å². The first-order valence-electron chi connectivity index (χ1n) is 8.46. The number of hydrogen-bond donors (Lipinski definition) is 3. The van der Waals surface area contributed by atoms with E-state index in [0.717, 1.165) is 24.2 Å². The first-order chi connectivity index (χ1) is 12.1. The van der Waals surface area contributed by atoms with E-state index in [1.54, 1.807) is 36.4 Å². The van der Waals surface area contributed by atoms with E-state index in [1.165, 1.54) is 6.07 Å². The number of nitrogens with one attached hydrogen (secondary N) is 3. The second kappa shape index (κ2) is 6.64. The fraction of sp³-hybridized carbons (Fsp3) is 0.316. The Hall–Kier alpha value is -2.54. The summed E-state index contributed by atoms with van der Waals surface area (Å²) < 4.78 is 27.9. The van der Waals surface area contributed by atoms with E-state index in [0.29, 0.717) is 11.3 Å². The summed E-state index contributed by atoms with van der Waals surface area (Å²) in [6, 6.07) is 11.5. The molecule has 0 saturated carbocycles. The van der Waals surface area contributed by atoms with Gasteiger partial charge in [-0.2, -0.15) is 0 Å². The van der Waals surface area contributed by atoms with Crippen molar-refractivity contribution >= 4 is 27.3 Å². The molecule has 0 radical (unpaired) electrons. The summed E-state index contributed by atoms with van der Waals surface area (Å²) in [7, 11) is -3.72. The quantitative estimate of drug-likeness (QED) is 0.769. The van der Waals surface area contributed by atoms with Crippen LogP contribution >= 0.6 is 0 Å². The molecule has 1 heterocycles. The average Bonchev–Trinajstić information content (AvgIpc) is 3.00. The summed E-state index contributed by atoms with van der Waals surface area (Å²) in [5.74, 6) is -0.248. The fourth-order valence-corrected chi connectivity index (χ4v) is 3.90. The summed E-state index contributed by atoms with van der Waals surface area (Å²) in [6.07, 6.45) is 0.807. The zero-order valence-electron chi connectivity index (χ0n) is 15.1. The second-order valence-electron chi connectivity index (χ2n) is 7.39. The number of fused-ring (bicyclic) bond motifs is 1. The van der Waals surface area contributed by atoms with Crippen LogP contribution in [0.4, 0.5) is 11.4 Å². The molecule has 1 aliphatic rings. The predicted octanol–water partition coefficient (Wildman–Crippen LogP) is 2.98. The van der Waals surface area contributed by atoms with Crippen LogP contribution in [-0.4, -0.2) is 26.4 Å². The van der Waals surface area contributed by atoms with Gasteiger partial charge >= 0.3 is 0 Å². The molecule has 0 unspecified atom stereocenters. The molecule has 0 fully saturated rings. The third-order valence-corrected chi connectivity index (χ3v) is 5.34. The molecular formula is C19H23N3O3S. The third kappa shape index (κ3) is 4.16. The molecule has 0 spiro atoms. The maximum atomic E-state index is 12.7. The number of benzene rings is 2. The third-order valence-electron chi connectivity index (χ3n) is 3.96. The first kappa shape index (κ1) is 18.3. The van der Waals surface area contributed by atoms with E-state index in [1.807, 2.05) is 20.8 Å². The molecule has 0 saturated heterocycles. The SMILES string of the molecule is CC(C)(C)NC(=O)c1cccc(NS(=O)(=O)c2ccc3c(c2)CCN3)c1. The maximum absolute atomic E-state index is 12.7. The lowest BCUT2D eigenvalue weighted by atomic mass is 10.1. The van der Waals surface area contributed by atoms with E-state index in [4.69, 9.17) is 0 Å². The van der Waals surface area contributed by atoms with Gasteiger partial charge in [-0.1, -0.05) is 6.07 Å². The molecule has 0 aliphatic carbocycles. The van der Waals surface area contributed by atoms with E-state index >= 15 is 0 Å². The van der Waals surface area contributed by atoms with Crippen LogP contribution in [0.5, 0.6) is 0 Å². The van der Waals surface area contributed by atoms with Crippen LogP contribution in [0.15, 0.2) is 47.4 Å². The van der Waals surface area contributed by atoms with E-state index in [9.17, 15) is 13.2 Å². The van der Waals surface area contributed by atoms with Gasteiger partial charge in [0.1, 0.15) is 0 Å².